The normalized spacial score (nSPS) is 17.6. The molecular weight excluding hydrogens is 360 g/mol. The Labute approximate surface area is 161 Å². The third-order valence-electron chi connectivity index (χ3n) is 5.06. The van der Waals surface area contributed by atoms with E-state index >= 15 is 0 Å². The Morgan fingerprint density at radius 2 is 1.85 bits per heavy atom. The second-order valence-corrected chi connectivity index (χ2v) is 9.05. The summed E-state index contributed by atoms with van der Waals surface area (Å²) in [6, 6.07) is 12.1. The molecule has 2 aromatic carbocycles. The van der Waals surface area contributed by atoms with Crippen molar-refractivity contribution >= 4 is 21.6 Å². The largest absolute Gasteiger partial charge is 0.338 e. The second-order valence-electron chi connectivity index (χ2n) is 7.40. The third kappa shape index (κ3) is 4.33. The van der Waals surface area contributed by atoms with Gasteiger partial charge in [0.25, 0.3) is 15.9 Å². The van der Waals surface area contributed by atoms with Crippen molar-refractivity contribution in [1.82, 2.24) is 4.90 Å². The summed E-state index contributed by atoms with van der Waals surface area (Å²) in [6.07, 6.45) is 2.11. The Balaban J connectivity index is 1.90. The molecule has 6 heteroatoms. The number of benzene rings is 2. The molecule has 1 saturated heterocycles. The van der Waals surface area contributed by atoms with Crippen LogP contribution in [0.4, 0.5) is 5.69 Å². The van der Waals surface area contributed by atoms with Crippen LogP contribution in [0.2, 0.25) is 0 Å². The number of para-hydroxylation sites is 1. The SMILES string of the molecule is Cc1ccccc1NS(=O)(=O)c1cc(C(=O)N2CCCC(C)C2)ccc1C. The molecule has 0 aromatic heterocycles. The predicted octanol–water partition coefficient (Wildman–Crippen LogP) is 3.98. The Morgan fingerprint density at radius 3 is 2.56 bits per heavy atom. The molecule has 1 heterocycles. The molecule has 1 atom stereocenters. The van der Waals surface area contributed by atoms with Gasteiger partial charge in [0.1, 0.15) is 0 Å². The zero-order valence-corrected chi connectivity index (χ0v) is 16.8. The van der Waals surface area contributed by atoms with Crippen LogP contribution in [0.1, 0.15) is 41.3 Å². The van der Waals surface area contributed by atoms with Gasteiger partial charge in [-0.3, -0.25) is 9.52 Å². The van der Waals surface area contributed by atoms with E-state index in [0.29, 0.717) is 22.7 Å². The van der Waals surface area contributed by atoms with Crippen LogP contribution in [0.25, 0.3) is 0 Å². The first kappa shape index (κ1) is 19.4. The highest BCUT2D eigenvalue weighted by Gasteiger charge is 2.25. The van der Waals surface area contributed by atoms with Gasteiger partial charge in [-0.05, 0) is 61.9 Å². The van der Waals surface area contributed by atoms with E-state index in [1.165, 1.54) is 6.07 Å². The number of carbonyl (C=O) groups excluding carboxylic acids is 1. The van der Waals surface area contributed by atoms with Crippen LogP contribution < -0.4 is 4.72 Å². The molecule has 0 aliphatic carbocycles. The topological polar surface area (TPSA) is 66.5 Å². The monoisotopic (exact) mass is 386 g/mol. The lowest BCUT2D eigenvalue weighted by Gasteiger charge is -2.31. The fraction of sp³-hybridized carbons (Fsp3) is 0.381. The first-order valence-electron chi connectivity index (χ1n) is 9.26. The summed E-state index contributed by atoms with van der Waals surface area (Å²) in [6.45, 7) is 7.17. The van der Waals surface area contributed by atoms with E-state index in [2.05, 4.69) is 11.6 Å². The Bertz CT molecular complexity index is 954. The van der Waals surface area contributed by atoms with Gasteiger partial charge in [-0.25, -0.2) is 8.42 Å². The number of nitrogens with zero attached hydrogens (tertiary/aromatic N) is 1. The lowest BCUT2D eigenvalue weighted by molar-refractivity contribution is 0.0683. The van der Waals surface area contributed by atoms with E-state index in [9.17, 15) is 13.2 Å². The van der Waals surface area contributed by atoms with Crippen LogP contribution in [0.3, 0.4) is 0 Å². The fourth-order valence-corrected chi connectivity index (χ4v) is 4.87. The van der Waals surface area contributed by atoms with Gasteiger partial charge in [0.05, 0.1) is 10.6 Å². The maximum absolute atomic E-state index is 12.9. The minimum atomic E-state index is -3.78. The molecule has 27 heavy (non-hydrogen) atoms. The van der Waals surface area contributed by atoms with Gasteiger partial charge >= 0.3 is 0 Å². The molecule has 3 rings (SSSR count). The third-order valence-corrected chi connectivity index (χ3v) is 6.57. The number of aryl methyl sites for hydroxylation is 2. The number of anilines is 1. The van der Waals surface area contributed by atoms with Crippen LogP contribution in [0, 0.1) is 19.8 Å². The van der Waals surface area contributed by atoms with Crippen molar-refractivity contribution in [2.45, 2.75) is 38.5 Å². The summed E-state index contributed by atoms with van der Waals surface area (Å²) < 4.78 is 28.5. The number of sulfonamides is 1. The maximum atomic E-state index is 12.9. The Hall–Kier alpha value is -2.34. The van der Waals surface area contributed by atoms with E-state index in [1.54, 1.807) is 31.2 Å². The molecule has 0 saturated carbocycles. The van der Waals surface area contributed by atoms with Crippen LogP contribution in [-0.4, -0.2) is 32.3 Å². The quantitative estimate of drug-likeness (QED) is 0.864. The lowest BCUT2D eigenvalue weighted by atomic mass is 9.99. The van der Waals surface area contributed by atoms with Gasteiger partial charge in [-0.2, -0.15) is 0 Å². The summed E-state index contributed by atoms with van der Waals surface area (Å²) in [4.78, 5) is 14.8. The first-order chi connectivity index (χ1) is 12.8. The molecular formula is C21H26N2O3S. The summed E-state index contributed by atoms with van der Waals surface area (Å²) in [5.41, 5.74) is 2.41. The standard InChI is InChI=1S/C21H26N2O3S/c1-15-7-6-12-23(14-15)21(24)18-11-10-17(3)20(13-18)27(25,26)22-19-9-5-4-8-16(19)2/h4-5,8-11,13,15,22H,6-7,12,14H2,1-3H3. The van der Waals surface area contributed by atoms with E-state index in [-0.39, 0.29) is 10.8 Å². The summed E-state index contributed by atoms with van der Waals surface area (Å²) in [5, 5.41) is 0. The number of hydrogen-bond donors (Lipinski definition) is 1. The van der Waals surface area contributed by atoms with Crippen molar-refractivity contribution in [3.8, 4) is 0 Å². The highest BCUT2D eigenvalue weighted by molar-refractivity contribution is 7.92. The molecule has 1 N–H and O–H groups in total. The van der Waals surface area contributed by atoms with E-state index < -0.39 is 10.0 Å². The average Bonchev–Trinajstić information content (AvgIpc) is 2.63. The molecule has 0 spiro atoms. The lowest BCUT2D eigenvalue weighted by Crippen LogP contribution is -2.39. The van der Waals surface area contributed by atoms with Gasteiger partial charge in [-0.15, -0.1) is 0 Å². The van der Waals surface area contributed by atoms with Crippen LogP contribution >= 0.6 is 0 Å². The van der Waals surface area contributed by atoms with Gasteiger partial charge in [0.2, 0.25) is 0 Å². The zero-order chi connectivity index (χ0) is 19.6. The number of amides is 1. The molecule has 5 nitrogen and oxygen atoms in total. The summed E-state index contributed by atoms with van der Waals surface area (Å²) in [7, 11) is -3.78. The number of hydrogen-bond acceptors (Lipinski definition) is 3. The van der Waals surface area contributed by atoms with Crippen LogP contribution in [0.15, 0.2) is 47.4 Å². The van der Waals surface area contributed by atoms with Gasteiger partial charge in [-0.1, -0.05) is 31.2 Å². The van der Waals surface area contributed by atoms with Crippen molar-refractivity contribution in [2.75, 3.05) is 17.8 Å². The van der Waals surface area contributed by atoms with Crippen molar-refractivity contribution in [2.24, 2.45) is 5.92 Å². The molecule has 1 unspecified atom stereocenters. The number of likely N-dealkylation sites (tertiary alicyclic amines) is 1. The van der Waals surface area contributed by atoms with Crippen LogP contribution in [-0.2, 0) is 10.0 Å². The van der Waals surface area contributed by atoms with E-state index in [0.717, 1.165) is 31.5 Å². The molecule has 1 fully saturated rings. The van der Waals surface area contributed by atoms with Gasteiger partial charge in [0.15, 0.2) is 0 Å². The second kappa shape index (κ2) is 7.72. The highest BCUT2D eigenvalue weighted by Crippen LogP contribution is 2.24. The highest BCUT2D eigenvalue weighted by atomic mass is 32.2. The Kier molecular flexibility index (Phi) is 5.56. The maximum Gasteiger partial charge on any atom is 0.262 e. The van der Waals surface area contributed by atoms with Crippen molar-refractivity contribution in [1.29, 1.82) is 0 Å². The first-order valence-corrected chi connectivity index (χ1v) is 10.7. The fourth-order valence-electron chi connectivity index (χ4n) is 3.47. The summed E-state index contributed by atoms with van der Waals surface area (Å²) >= 11 is 0. The molecule has 0 radical (unpaired) electrons. The molecule has 1 aliphatic heterocycles. The van der Waals surface area contributed by atoms with Crippen LogP contribution in [0.5, 0.6) is 0 Å². The molecule has 2 aromatic rings. The molecule has 1 aliphatic rings. The number of rotatable bonds is 4. The van der Waals surface area contributed by atoms with Crippen molar-refractivity contribution < 1.29 is 13.2 Å². The number of piperidine rings is 1. The Morgan fingerprint density at radius 1 is 1.11 bits per heavy atom. The van der Waals surface area contributed by atoms with E-state index in [1.807, 2.05) is 24.0 Å². The van der Waals surface area contributed by atoms with Crippen molar-refractivity contribution in [3.05, 3.63) is 59.2 Å². The summed E-state index contributed by atoms with van der Waals surface area (Å²) in [5.74, 6) is 0.368. The van der Waals surface area contributed by atoms with Crippen molar-refractivity contribution in [3.63, 3.8) is 0 Å². The minimum Gasteiger partial charge on any atom is -0.338 e. The number of carbonyl (C=O) groups is 1. The molecule has 144 valence electrons. The number of nitrogens with one attached hydrogen (secondary N) is 1. The zero-order valence-electron chi connectivity index (χ0n) is 16.0. The van der Waals surface area contributed by atoms with E-state index in [4.69, 9.17) is 0 Å². The van der Waals surface area contributed by atoms with Gasteiger partial charge in [0, 0.05) is 18.7 Å². The molecule has 0 bridgehead atoms. The average molecular weight is 387 g/mol. The smallest absolute Gasteiger partial charge is 0.262 e. The predicted molar refractivity (Wildman–Crippen MR) is 107 cm³/mol. The minimum absolute atomic E-state index is 0.103. The molecule has 1 amide bonds. The van der Waals surface area contributed by atoms with Gasteiger partial charge < -0.3 is 4.90 Å².